The van der Waals surface area contributed by atoms with Crippen LogP contribution in [0.3, 0.4) is 0 Å². The predicted octanol–water partition coefficient (Wildman–Crippen LogP) is 4.71. The number of ketones is 1. The first-order valence-electron chi connectivity index (χ1n) is 9.93. The van der Waals surface area contributed by atoms with E-state index in [2.05, 4.69) is 0 Å². The number of benzene rings is 3. The van der Waals surface area contributed by atoms with Crippen molar-refractivity contribution < 1.29 is 13.2 Å². The van der Waals surface area contributed by atoms with Gasteiger partial charge in [-0.05, 0) is 48.4 Å². The minimum absolute atomic E-state index is 0.0101. The van der Waals surface area contributed by atoms with Gasteiger partial charge in [-0.1, -0.05) is 66.2 Å². The molecule has 0 N–H and O–H groups in total. The first-order chi connectivity index (χ1) is 14.4. The number of para-hydroxylation sites is 1. The van der Waals surface area contributed by atoms with Crippen LogP contribution in [0.2, 0.25) is 0 Å². The van der Waals surface area contributed by atoms with Gasteiger partial charge in [-0.3, -0.25) is 9.10 Å². The lowest BCUT2D eigenvalue weighted by Crippen LogP contribution is -2.49. The summed E-state index contributed by atoms with van der Waals surface area (Å²) in [6.45, 7) is 1.93. The van der Waals surface area contributed by atoms with E-state index in [4.69, 9.17) is 0 Å². The topological polar surface area (TPSA) is 54.5 Å². The van der Waals surface area contributed by atoms with Crippen LogP contribution in [0.5, 0.6) is 0 Å². The van der Waals surface area contributed by atoms with Gasteiger partial charge in [-0.25, -0.2) is 8.42 Å². The highest BCUT2D eigenvalue weighted by molar-refractivity contribution is 7.93. The summed E-state index contributed by atoms with van der Waals surface area (Å²) < 4.78 is 29.6. The predicted molar refractivity (Wildman–Crippen MR) is 117 cm³/mol. The van der Waals surface area contributed by atoms with Crippen LogP contribution < -0.4 is 4.31 Å². The largest absolute Gasteiger partial charge is 0.295 e. The van der Waals surface area contributed by atoms with Crippen molar-refractivity contribution in [2.45, 2.75) is 29.7 Å². The van der Waals surface area contributed by atoms with E-state index in [9.17, 15) is 13.2 Å². The van der Waals surface area contributed by atoms with Gasteiger partial charge in [0.1, 0.15) is 5.54 Å². The van der Waals surface area contributed by atoms with Gasteiger partial charge in [0, 0.05) is 12.3 Å². The number of hydrogen-bond donors (Lipinski definition) is 0. The molecule has 30 heavy (non-hydrogen) atoms. The second-order valence-electron chi connectivity index (χ2n) is 7.89. The van der Waals surface area contributed by atoms with Crippen LogP contribution in [-0.4, -0.2) is 14.2 Å². The summed E-state index contributed by atoms with van der Waals surface area (Å²) in [6, 6.07) is 24.0. The Morgan fingerprint density at radius 2 is 1.57 bits per heavy atom. The lowest BCUT2D eigenvalue weighted by atomic mass is 9.72. The molecule has 0 aromatic heterocycles. The van der Waals surface area contributed by atoms with E-state index in [0.717, 1.165) is 16.7 Å². The van der Waals surface area contributed by atoms with Gasteiger partial charge >= 0.3 is 0 Å². The number of aryl methyl sites for hydroxylation is 1. The van der Waals surface area contributed by atoms with Crippen molar-refractivity contribution >= 4 is 21.5 Å². The average molecular weight is 416 g/mol. The number of carbonyl (C=O) groups excluding carboxylic acids is 1. The molecule has 1 heterocycles. The van der Waals surface area contributed by atoms with E-state index in [0.29, 0.717) is 5.69 Å². The zero-order valence-corrected chi connectivity index (χ0v) is 17.3. The van der Waals surface area contributed by atoms with Crippen molar-refractivity contribution in [1.29, 1.82) is 0 Å². The first-order valence-corrected chi connectivity index (χ1v) is 11.4. The van der Waals surface area contributed by atoms with E-state index in [-0.39, 0.29) is 23.0 Å². The molecule has 4 nitrogen and oxygen atoms in total. The van der Waals surface area contributed by atoms with Crippen molar-refractivity contribution in [3.63, 3.8) is 0 Å². The molecule has 0 unspecified atom stereocenters. The maximum absolute atomic E-state index is 14.0. The molecule has 0 fully saturated rings. The highest BCUT2D eigenvalue weighted by atomic mass is 32.2. The van der Waals surface area contributed by atoms with Crippen LogP contribution in [0.25, 0.3) is 0 Å². The SMILES string of the molecule is Cc1ccc(S(=O)(=O)N2c3ccccc3[C@@H]3CC(=O)C=C[C@@]32c2ccccc2)cc1. The molecule has 3 aromatic rings. The van der Waals surface area contributed by atoms with Gasteiger partial charge in [0.05, 0.1) is 10.6 Å². The van der Waals surface area contributed by atoms with Gasteiger partial charge in [0.15, 0.2) is 5.78 Å². The fourth-order valence-corrected chi connectivity index (χ4v) is 6.55. The number of rotatable bonds is 3. The van der Waals surface area contributed by atoms with Gasteiger partial charge in [0.2, 0.25) is 0 Å². The zero-order chi connectivity index (χ0) is 20.9. The molecule has 2 atom stereocenters. The summed E-state index contributed by atoms with van der Waals surface area (Å²) in [5.74, 6) is -0.273. The number of anilines is 1. The van der Waals surface area contributed by atoms with Gasteiger partial charge in [-0.2, -0.15) is 0 Å². The summed E-state index contributed by atoms with van der Waals surface area (Å²) in [5, 5.41) is 0. The normalized spacial score (nSPS) is 22.6. The first kappa shape index (κ1) is 18.8. The third-order valence-electron chi connectivity index (χ3n) is 6.12. The molecule has 0 spiro atoms. The summed E-state index contributed by atoms with van der Waals surface area (Å²) >= 11 is 0. The molecule has 2 aliphatic rings. The average Bonchev–Trinajstić information content (AvgIpc) is 3.06. The third-order valence-corrected chi connectivity index (χ3v) is 7.97. The quantitative estimate of drug-likeness (QED) is 0.622. The molecule has 0 saturated heterocycles. The molecule has 3 aromatic carbocycles. The Bertz CT molecular complexity index is 1260. The molecule has 0 amide bonds. The van der Waals surface area contributed by atoms with Gasteiger partial charge in [-0.15, -0.1) is 0 Å². The Labute approximate surface area is 176 Å². The van der Waals surface area contributed by atoms with Crippen LogP contribution in [-0.2, 0) is 20.4 Å². The van der Waals surface area contributed by atoms with Crippen molar-refractivity contribution in [2.75, 3.05) is 4.31 Å². The Morgan fingerprint density at radius 1 is 0.900 bits per heavy atom. The number of allylic oxidation sites excluding steroid dienone is 1. The van der Waals surface area contributed by atoms with Crippen LogP contribution in [0.1, 0.15) is 29.0 Å². The lowest BCUT2D eigenvalue weighted by molar-refractivity contribution is -0.115. The molecule has 1 aliphatic heterocycles. The minimum atomic E-state index is -3.89. The molecular weight excluding hydrogens is 394 g/mol. The fraction of sp³-hybridized carbons (Fsp3) is 0.160. The zero-order valence-electron chi connectivity index (χ0n) is 16.5. The third kappa shape index (κ3) is 2.58. The van der Waals surface area contributed by atoms with Crippen LogP contribution >= 0.6 is 0 Å². The molecule has 5 rings (SSSR count). The van der Waals surface area contributed by atoms with Crippen LogP contribution in [0, 0.1) is 6.92 Å². The van der Waals surface area contributed by atoms with E-state index in [1.807, 2.05) is 73.7 Å². The van der Waals surface area contributed by atoms with E-state index >= 15 is 0 Å². The van der Waals surface area contributed by atoms with Crippen molar-refractivity contribution in [3.8, 4) is 0 Å². The Kier molecular flexibility index (Phi) is 4.19. The highest BCUT2D eigenvalue weighted by Crippen LogP contribution is 2.58. The number of hydrogen-bond acceptors (Lipinski definition) is 3. The fourth-order valence-electron chi connectivity index (χ4n) is 4.75. The second-order valence-corrected chi connectivity index (χ2v) is 9.68. The van der Waals surface area contributed by atoms with E-state index in [1.54, 1.807) is 18.2 Å². The number of fused-ring (bicyclic) bond motifs is 3. The summed E-state index contributed by atoms with van der Waals surface area (Å²) in [7, 11) is -3.89. The van der Waals surface area contributed by atoms with Crippen LogP contribution in [0.4, 0.5) is 5.69 Å². The Morgan fingerprint density at radius 3 is 2.30 bits per heavy atom. The number of nitrogens with zero attached hydrogens (tertiary/aromatic N) is 1. The highest BCUT2D eigenvalue weighted by Gasteiger charge is 2.57. The smallest absolute Gasteiger partial charge is 0.265 e. The van der Waals surface area contributed by atoms with Crippen molar-refractivity contribution in [3.05, 3.63) is 108 Å². The van der Waals surface area contributed by atoms with Gasteiger partial charge < -0.3 is 0 Å². The summed E-state index contributed by atoms with van der Waals surface area (Å²) in [6.07, 6.45) is 3.58. The minimum Gasteiger partial charge on any atom is -0.295 e. The van der Waals surface area contributed by atoms with Crippen molar-refractivity contribution in [1.82, 2.24) is 0 Å². The monoisotopic (exact) mass is 415 g/mol. The number of carbonyl (C=O) groups is 1. The standard InChI is InChI=1S/C25H21NO3S/c1-18-11-13-21(14-12-18)30(28,29)26-24-10-6-5-9-22(24)23-17-20(27)15-16-25(23,26)19-7-3-2-4-8-19/h2-16,23H,17H2,1H3/t23-,25+/m0/s1. The molecule has 0 radical (unpaired) electrons. The Balaban J connectivity index is 1.84. The molecule has 1 aliphatic carbocycles. The second kappa shape index (κ2) is 6.67. The van der Waals surface area contributed by atoms with Gasteiger partial charge in [0.25, 0.3) is 10.0 Å². The maximum Gasteiger partial charge on any atom is 0.265 e. The molecular formula is C25H21NO3S. The molecule has 0 bridgehead atoms. The lowest BCUT2D eigenvalue weighted by Gasteiger charge is -2.42. The number of sulfonamides is 1. The Hall–Kier alpha value is -3.18. The molecule has 5 heteroatoms. The van der Waals surface area contributed by atoms with E-state index in [1.165, 1.54) is 10.4 Å². The maximum atomic E-state index is 14.0. The van der Waals surface area contributed by atoms with Crippen molar-refractivity contribution in [2.24, 2.45) is 0 Å². The van der Waals surface area contributed by atoms with Crippen LogP contribution in [0.15, 0.2) is 95.9 Å². The molecule has 150 valence electrons. The van der Waals surface area contributed by atoms with E-state index < -0.39 is 15.6 Å². The summed E-state index contributed by atoms with van der Waals surface area (Å²) in [4.78, 5) is 12.6. The molecule has 0 saturated carbocycles. The summed E-state index contributed by atoms with van der Waals surface area (Å²) in [5.41, 5.74) is 2.38.